The molecule has 9 nitrogen and oxygen atoms in total. The Hall–Kier alpha value is -2.23. The van der Waals surface area contributed by atoms with E-state index < -0.39 is 30.4 Å². The summed E-state index contributed by atoms with van der Waals surface area (Å²) in [5.74, 6) is 0.774. The van der Waals surface area contributed by atoms with E-state index in [1.807, 2.05) is 0 Å². The van der Waals surface area contributed by atoms with Gasteiger partial charge < -0.3 is 28.9 Å². The Labute approximate surface area is 220 Å². The Balaban J connectivity index is 1.75. The van der Waals surface area contributed by atoms with Gasteiger partial charge in [0.15, 0.2) is 18.3 Å². The van der Waals surface area contributed by atoms with E-state index in [4.69, 9.17) is 13.6 Å². The molecule has 9 heteroatoms. The molecule has 0 aromatic carbocycles. The Morgan fingerprint density at radius 3 is 2.14 bits per heavy atom. The van der Waals surface area contributed by atoms with Gasteiger partial charge in [-0.15, -0.1) is 0 Å². The van der Waals surface area contributed by atoms with Crippen LogP contribution in [0.25, 0.3) is 0 Å². The fraction of sp³-hybridized carbons (Fsp3) is 0.750. The molecule has 0 spiro atoms. The van der Waals surface area contributed by atoms with Crippen molar-refractivity contribution in [2.45, 2.75) is 135 Å². The van der Waals surface area contributed by atoms with Crippen molar-refractivity contribution in [3.8, 4) is 0 Å². The summed E-state index contributed by atoms with van der Waals surface area (Å²) in [7, 11) is 0. The van der Waals surface area contributed by atoms with Gasteiger partial charge in [-0.2, -0.15) is 0 Å². The highest BCUT2D eigenvalue weighted by Crippen LogP contribution is 2.27. The highest BCUT2D eigenvalue weighted by atomic mass is 16.6. The molecule has 0 radical (unpaired) electrons. The van der Waals surface area contributed by atoms with E-state index in [0.717, 1.165) is 19.3 Å². The first-order valence-electron chi connectivity index (χ1n) is 14.0. The Bertz CT molecular complexity index is 837. The maximum absolute atomic E-state index is 12.6. The van der Waals surface area contributed by atoms with E-state index in [-0.39, 0.29) is 25.0 Å². The van der Waals surface area contributed by atoms with Crippen LogP contribution in [0.5, 0.6) is 0 Å². The molecular weight excluding hydrogens is 476 g/mol. The van der Waals surface area contributed by atoms with Gasteiger partial charge in [-0.1, -0.05) is 77.6 Å². The number of oxazole rings is 2. The molecule has 0 unspecified atom stereocenters. The zero-order valence-corrected chi connectivity index (χ0v) is 22.5. The molecule has 0 fully saturated rings. The van der Waals surface area contributed by atoms with Crippen LogP contribution in [0.15, 0.2) is 27.6 Å². The monoisotopic (exact) mass is 522 g/mol. The number of hydrogen-bond donors (Lipinski definition) is 3. The number of aliphatic hydroxyl groups is 3. The summed E-state index contributed by atoms with van der Waals surface area (Å²) >= 11 is 0. The molecule has 0 saturated carbocycles. The van der Waals surface area contributed by atoms with Crippen molar-refractivity contribution in [2.75, 3.05) is 0 Å². The summed E-state index contributed by atoms with van der Waals surface area (Å²) in [6, 6.07) is 0. The van der Waals surface area contributed by atoms with Crippen LogP contribution in [-0.2, 0) is 16.0 Å². The third-order valence-corrected chi connectivity index (χ3v) is 6.55. The van der Waals surface area contributed by atoms with Crippen molar-refractivity contribution >= 4 is 5.97 Å². The van der Waals surface area contributed by atoms with E-state index in [1.165, 1.54) is 77.3 Å². The molecule has 2 heterocycles. The molecule has 0 saturated heterocycles. The lowest BCUT2D eigenvalue weighted by atomic mass is 10.0. The summed E-state index contributed by atoms with van der Waals surface area (Å²) in [5, 5.41) is 30.0. The van der Waals surface area contributed by atoms with Crippen LogP contribution in [0.3, 0.4) is 0 Å². The van der Waals surface area contributed by atoms with E-state index in [1.54, 1.807) is 6.20 Å². The molecule has 0 amide bonds. The number of carbonyl (C=O) groups is 1. The van der Waals surface area contributed by atoms with Crippen molar-refractivity contribution < 1.29 is 33.7 Å². The predicted octanol–water partition coefficient (Wildman–Crippen LogP) is 5.42. The Morgan fingerprint density at radius 2 is 1.57 bits per heavy atom. The summed E-state index contributed by atoms with van der Waals surface area (Å²) in [5.41, 5.74) is 0. The molecule has 0 aliphatic carbocycles. The molecule has 0 aliphatic rings. The molecule has 2 aromatic heterocycles. The number of esters is 1. The standard InChI is InChI=1S/C28H46N2O7/c1-3-4-5-6-7-8-9-10-11-12-13-14-15-27(33)37-24(17-23(32)28(34)21(2)31)25-19-30-26(36-25)16-22-18-29-20-35-22/h18-21,23-24,28,31-32,34H,3-17H2,1-2H3/t21-,23-,24+,28+/m0/s1. The maximum atomic E-state index is 12.6. The van der Waals surface area contributed by atoms with Gasteiger partial charge in [-0.05, 0) is 13.3 Å². The number of carbonyl (C=O) groups excluding carboxylic acids is 1. The number of hydrogen-bond acceptors (Lipinski definition) is 9. The minimum Gasteiger partial charge on any atom is -0.454 e. The van der Waals surface area contributed by atoms with Gasteiger partial charge in [0.25, 0.3) is 0 Å². The molecule has 210 valence electrons. The zero-order valence-electron chi connectivity index (χ0n) is 22.5. The third kappa shape index (κ3) is 12.7. The molecule has 2 rings (SSSR count). The van der Waals surface area contributed by atoms with Crippen LogP contribution in [-0.4, -0.2) is 49.6 Å². The van der Waals surface area contributed by atoms with Crippen molar-refractivity contribution in [3.63, 3.8) is 0 Å². The SMILES string of the molecule is CCCCCCCCCCCCCCC(=O)O[C@H](C[C@H](O)[C@H](O)[C@H](C)O)c1cnc(Cc2cnco2)o1. The zero-order chi connectivity index (χ0) is 26.9. The summed E-state index contributed by atoms with van der Waals surface area (Å²) in [6.07, 6.45) is 14.4. The Morgan fingerprint density at radius 1 is 0.946 bits per heavy atom. The van der Waals surface area contributed by atoms with Gasteiger partial charge in [0.05, 0.1) is 31.0 Å². The van der Waals surface area contributed by atoms with E-state index >= 15 is 0 Å². The van der Waals surface area contributed by atoms with Crippen molar-refractivity contribution in [1.29, 1.82) is 0 Å². The molecule has 37 heavy (non-hydrogen) atoms. The van der Waals surface area contributed by atoms with Crippen molar-refractivity contribution in [3.05, 3.63) is 36.2 Å². The third-order valence-electron chi connectivity index (χ3n) is 6.55. The molecule has 2 aromatic rings. The average Bonchev–Trinajstić information content (AvgIpc) is 3.56. The number of rotatable bonds is 21. The van der Waals surface area contributed by atoms with Gasteiger partial charge in [0, 0.05) is 12.8 Å². The number of ether oxygens (including phenoxy) is 1. The average molecular weight is 523 g/mol. The predicted molar refractivity (Wildman–Crippen MR) is 139 cm³/mol. The van der Waals surface area contributed by atoms with Crippen LogP contribution in [0.1, 0.15) is 127 Å². The lowest BCUT2D eigenvalue weighted by molar-refractivity contribution is -0.154. The second kappa shape index (κ2) is 18.1. The van der Waals surface area contributed by atoms with Gasteiger partial charge in [0.2, 0.25) is 5.89 Å². The maximum Gasteiger partial charge on any atom is 0.306 e. The van der Waals surface area contributed by atoms with Crippen LogP contribution in [0.4, 0.5) is 0 Å². The second-order valence-corrected chi connectivity index (χ2v) is 9.95. The summed E-state index contributed by atoms with van der Waals surface area (Å²) in [4.78, 5) is 20.6. The lowest BCUT2D eigenvalue weighted by Gasteiger charge is -2.24. The topological polar surface area (TPSA) is 139 Å². The number of unbranched alkanes of at least 4 members (excludes halogenated alkanes) is 11. The smallest absolute Gasteiger partial charge is 0.306 e. The minimum absolute atomic E-state index is 0.132. The van der Waals surface area contributed by atoms with Gasteiger partial charge in [0.1, 0.15) is 11.9 Å². The van der Waals surface area contributed by atoms with Crippen molar-refractivity contribution in [1.82, 2.24) is 9.97 Å². The molecule has 3 N–H and O–H groups in total. The highest BCUT2D eigenvalue weighted by molar-refractivity contribution is 5.69. The normalized spacial score (nSPS) is 14.8. The second-order valence-electron chi connectivity index (χ2n) is 9.95. The largest absolute Gasteiger partial charge is 0.454 e. The van der Waals surface area contributed by atoms with Crippen LogP contribution in [0, 0.1) is 0 Å². The fourth-order valence-corrected chi connectivity index (χ4v) is 4.26. The first kappa shape index (κ1) is 31.0. The van der Waals surface area contributed by atoms with Gasteiger partial charge >= 0.3 is 5.97 Å². The quantitative estimate of drug-likeness (QED) is 0.145. The highest BCUT2D eigenvalue weighted by Gasteiger charge is 2.30. The summed E-state index contributed by atoms with van der Waals surface area (Å²) < 4.78 is 16.6. The minimum atomic E-state index is -1.38. The van der Waals surface area contributed by atoms with E-state index in [0.29, 0.717) is 11.7 Å². The summed E-state index contributed by atoms with van der Waals surface area (Å²) in [6.45, 7) is 3.62. The molecule has 0 bridgehead atoms. The van der Waals surface area contributed by atoms with Crippen LogP contribution in [0.2, 0.25) is 0 Å². The number of aromatic nitrogens is 2. The van der Waals surface area contributed by atoms with Gasteiger partial charge in [-0.3, -0.25) is 4.79 Å². The van der Waals surface area contributed by atoms with Gasteiger partial charge in [-0.25, -0.2) is 9.97 Å². The first-order valence-corrected chi connectivity index (χ1v) is 14.0. The first-order chi connectivity index (χ1) is 17.9. The molecular formula is C28H46N2O7. The molecule has 0 aliphatic heterocycles. The number of aliphatic hydroxyl groups excluding tert-OH is 3. The molecule has 4 atom stereocenters. The van der Waals surface area contributed by atoms with E-state index in [9.17, 15) is 20.1 Å². The van der Waals surface area contributed by atoms with E-state index in [2.05, 4.69) is 16.9 Å². The number of nitrogens with zero attached hydrogens (tertiary/aromatic N) is 2. The van der Waals surface area contributed by atoms with Crippen LogP contribution >= 0.6 is 0 Å². The Kier molecular flexibility index (Phi) is 15.2. The fourth-order valence-electron chi connectivity index (χ4n) is 4.26. The van der Waals surface area contributed by atoms with Crippen molar-refractivity contribution in [2.24, 2.45) is 0 Å². The van der Waals surface area contributed by atoms with Crippen LogP contribution < -0.4 is 0 Å². The lowest BCUT2D eigenvalue weighted by Crippen LogP contribution is -2.37.